The van der Waals surface area contributed by atoms with Crippen molar-refractivity contribution >= 4 is 6.09 Å². The average molecular weight is 265 g/mol. The lowest BCUT2D eigenvalue weighted by Gasteiger charge is -2.38. The largest absolute Gasteiger partial charge is 0.444 e. The van der Waals surface area contributed by atoms with Crippen LogP contribution in [0.25, 0.3) is 0 Å². The van der Waals surface area contributed by atoms with Gasteiger partial charge in [0.1, 0.15) is 11.6 Å². The standard InChI is InChI=1S/C12H18F3NO2/c1-8-5-6-16(9(7-8)12(13,14)15)10(17)18-11(2,3)4/h9H,1,5-7H2,2-4H3/t9-/m1/s1. The van der Waals surface area contributed by atoms with E-state index in [2.05, 4.69) is 6.58 Å². The fraction of sp³-hybridized carbons (Fsp3) is 0.750. The minimum Gasteiger partial charge on any atom is -0.444 e. The Kier molecular flexibility index (Phi) is 3.98. The van der Waals surface area contributed by atoms with Crippen molar-refractivity contribution in [3.63, 3.8) is 0 Å². The van der Waals surface area contributed by atoms with Crippen molar-refractivity contribution in [3.8, 4) is 0 Å². The normalized spacial score (nSPS) is 22.0. The number of halogens is 3. The lowest BCUT2D eigenvalue weighted by molar-refractivity contribution is -0.183. The molecule has 6 heteroatoms. The number of carbonyl (C=O) groups is 1. The topological polar surface area (TPSA) is 29.5 Å². The first kappa shape index (κ1) is 14.9. The van der Waals surface area contributed by atoms with E-state index in [0.717, 1.165) is 4.90 Å². The van der Waals surface area contributed by atoms with Crippen molar-refractivity contribution in [2.45, 2.75) is 51.4 Å². The second kappa shape index (κ2) is 4.82. The van der Waals surface area contributed by atoms with Crippen molar-refractivity contribution in [2.75, 3.05) is 6.54 Å². The smallest absolute Gasteiger partial charge is 0.410 e. The average Bonchev–Trinajstić information content (AvgIpc) is 2.13. The highest BCUT2D eigenvalue weighted by Gasteiger charge is 2.48. The number of ether oxygens (including phenoxy) is 1. The molecule has 1 heterocycles. The Hall–Kier alpha value is -1.20. The minimum absolute atomic E-state index is 0.00206. The summed E-state index contributed by atoms with van der Waals surface area (Å²) in [5, 5.41) is 0. The van der Waals surface area contributed by atoms with Crippen LogP contribution in [0.15, 0.2) is 12.2 Å². The summed E-state index contributed by atoms with van der Waals surface area (Å²) >= 11 is 0. The first-order valence-corrected chi connectivity index (χ1v) is 5.73. The molecule has 104 valence electrons. The highest BCUT2D eigenvalue weighted by molar-refractivity contribution is 5.69. The molecule has 3 nitrogen and oxygen atoms in total. The van der Waals surface area contributed by atoms with E-state index in [0.29, 0.717) is 12.0 Å². The zero-order valence-corrected chi connectivity index (χ0v) is 10.8. The van der Waals surface area contributed by atoms with Crippen molar-refractivity contribution in [3.05, 3.63) is 12.2 Å². The number of hydrogen-bond donors (Lipinski definition) is 0. The summed E-state index contributed by atoms with van der Waals surface area (Å²) < 4.78 is 43.6. The van der Waals surface area contributed by atoms with Crippen molar-refractivity contribution in [1.82, 2.24) is 4.90 Å². The maximum absolute atomic E-state index is 12.9. The molecule has 18 heavy (non-hydrogen) atoms. The van der Waals surface area contributed by atoms with E-state index in [1.807, 2.05) is 0 Å². The molecule has 0 N–H and O–H groups in total. The van der Waals surface area contributed by atoms with Gasteiger partial charge in [-0.3, -0.25) is 4.90 Å². The number of alkyl halides is 3. The van der Waals surface area contributed by atoms with Crippen LogP contribution in [0, 0.1) is 0 Å². The zero-order chi connectivity index (χ0) is 14.1. The molecule has 1 fully saturated rings. The number of piperidine rings is 1. The molecule has 0 aromatic rings. The van der Waals surface area contributed by atoms with E-state index in [9.17, 15) is 18.0 Å². The Balaban J connectivity index is 2.84. The van der Waals surface area contributed by atoms with Gasteiger partial charge in [0, 0.05) is 6.54 Å². The van der Waals surface area contributed by atoms with E-state index in [-0.39, 0.29) is 13.0 Å². The molecule has 1 saturated heterocycles. The Bertz CT molecular complexity index is 344. The summed E-state index contributed by atoms with van der Waals surface area (Å²) in [6.07, 6.45) is -5.24. The fourth-order valence-corrected chi connectivity index (χ4v) is 1.75. The zero-order valence-electron chi connectivity index (χ0n) is 10.8. The fourth-order valence-electron chi connectivity index (χ4n) is 1.75. The van der Waals surface area contributed by atoms with Crippen molar-refractivity contribution in [2.24, 2.45) is 0 Å². The van der Waals surface area contributed by atoms with Crippen LogP contribution in [0.5, 0.6) is 0 Å². The van der Waals surface area contributed by atoms with Crippen LogP contribution >= 0.6 is 0 Å². The summed E-state index contributed by atoms with van der Waals surface area (Å²) in [6.45, 7) is 8.43. The Labute approximate surface area is 105 Å². The summed E-state index contributed by atoms with van der Waals surface area (Å²) in [5.74, 6) is 0. The highest BCUT2D eigenvalue weighted by atomic mass is 19.4. The van der Waals surface area contributed by atoms with Gasteiger partial charge < -0.3 is 4.74 Å². The summed E-state index contributed by atoms with van der Waals surface area (Å²) in [6, 6.07) is -1.83. The predicted molar refractivity (Wildman–Crippen MR) is 61.2 cm³/mol. The number of nitrogens with zero attached hydrogens (tertiary/aromatic N) is 1. The van der Waals surface area contributed by atoms with Gasteiger partial charge in [0.25, 0.3) is 0 Å². The van der Waals surface area contributed by atoms with Gasteiger partial charge in [0.2, 0.25) is 0 Å². The maximum Gasteiger partial charge on any atom is 0.410 e. The molecule has 0 aromatic heterocycles. The molecule has 0 aliphatic carbocycles. The van der Waals surface area contributed by atoms with Crippen LogP contribution in [0.4, 0.5) is 18.0 Å². The van der Waals surface area contributed by atoms with E-state index in [4.69, 9.17) is 4.74 Å². The van der Waals surface area contributed by atoms with Crippen LogP contribution in [-0.2, 0) is 4.74 Å². The molecule has 0 aromatic carbocycles. The number of rotatable bonds is 0. The van der Waals surface area contributed by atoms with E-state index < -0.39 is 23.9 Å². The molecule has 0 saturated carbocycles. The molecule has 1 rings (SSSR count). The first-order valence-electron chi connectivity index (χ1n) is 5.73. The maximum atomic E-state index is 12.9. The van der Waals surface area contributed by atoms with Crippen molar-refractivity contribution in [1.29, 1.82) is 0 Å². The van der Waals surface area contributed by atoms with Gasteiger partial charge in [-0.15, -0.1) is 0 Å². The number of carbonyl (C=O) groups excluding carboxylic acids is 1. The van der Waals surface area contributed by atoms with Crippen molar-refractivity contribution < 1.29 is 22.7 Å². The summed E-state index contributed by atoms with van der Waals surface area (Å²) in [5.41, 5.74) is -0.293. The first-order chi connectivity index (χ1) is 8.00. The highest BCUT2D eigenvalue weighted by Crippen LogP contribution is 2.34. The Morgan fingerprint density at radius 1 is 1.39 bits per heavy atom. The molecule has 1 amide bonds. The SMILES string of the molecule is C=C1CCN(C(=O)OC(C)(C)C)[C@@H](C(F)(F)F)C1. The number of likely N-dealkylation sites (tertiary alicyclic amines) is 1. The van der Waals surface area contributed by atoms with Gasteiger partial charge in [0.05, 0.1) is 0 Å². The lowest BCUT2D eigenvalue weighted by atomic mass is 9.98. The molecule has 1 aliphatic heterocycles. The second-order valence-corrected chi connectivity index (χ2v) is 5.44. The van der Waals surface area contributed by atoms with Gasteiger partial charge in [0.15, 0.2) is 0 Å². The van der Waals surface area contributed by atoms with Gasteiger partial charge in [-0.25, -0.2) is 4.79 Å². The minimum atomic E-state index is -4.46. The van der Waals surface area contributed by atoms with Crippen LogP contribution < -0.4 is 0 Å². The van der Waals surface area contributed by atoms with Crippen LogP contribution in [-0.4, -0.2) is 35.4 Å². The van der Waals surface area contributed by atoms with E-state index >= 15 is 0 Å². The Morgan fingerprint density at radius 3 is 2.39 bits per heavy atom. The van der Waals surface area contributed by atoms with Gasteiger partial charge in [-0.2, -0.15) is 13.2 Å². The third-order valence-corrected chi connectivity index (χ3v) is 2.57. The van der Waals surface area contributed by atoms with E-state index in [1.165, 1.54) is 0 Å². The monoisotopic (exact) mass is 265 g/mol. The Morgan fingerprint density at radius 2 is 1.94 bits per heavy atom. The predicted octanol–water partition coefficient (Wildman–Crippen LogP) is 3.50. The number of amides is 1. The quantitative estimate of drug-likeness (QED) is 0.627. The third-order valence-electron chi connectivity index (χ3n) is 2.57. The lowest BCUT2D eigenvalue weighted by Crippen LogP contribution is -2.53. The molecule has 0 spiro atoms. The second-order valence-electron chi connectivity index (χ2n) is 5.44. The molecule has 0 radical (unpaired) electrons. The third kappa shape index (κ3) is 3.92. The molecular formula is C12H18F3NO2. The molecule has 1 aliphatic rings. The summed E-state index contributed by atoms with van der Waals surface area (Å²) in [7, 11) is 0. The number of hydrogen-bond acceptors (Lipinski definition) is 2. The van der Waals surface area contributed by atoms with Gasteiger partial charge >= 0.3 is 12.3 Å². The molecule has 1 atom stereocenters. The molecular weight excluding hydrogens is 247 g/mol. The van der Waals surface area contributed by atoms with Crippen LogP contribution in [0.2, 0.25) is 0 Å². The summed E-state index contributed by atoms with van der Waals surface area (Å²) in [4.78, 5) is 12.5. The molecule has 0 bridgehead atoms. The van der Waals surface area contributed by atoms with Crippen LogP contribution in [0.3, 0.4) is 0 Å². The van der Waals surface area contributed by atoms with E-state index in [1.54, 1.807) is 20.8 Å². The molecule has 0 unspecified atom stereocenters. The van der Waals surface area contributed by atoms with Gasteiger partial charge in [-0.05, 0) is 33.6 Å². The van der Waals surface area contributed by atoms with Gasteiger partial charge in [-0.1, -0.05) is 12.2 Å². The van der Waals surface area contributed by atoms with Crippen LogP contribution in [0.1, 0.15) is 33.6 Å².